The van der Waals surface area contributed by atoms with E-state index >= 15 is 0 Å². The highest BCUT2D eigenvalue weighted by Gasteiger charge is 2.21. The van der Waals surface area contributed by atoms with Crippen LogP contribution in [0, 0.1) is 17.6 Å². The average molecular weight is 364 g/mol. The first-order valence-electron chi connectivity index (χ1n) is 8.62. The van der Waals surface area contributed by atoms with Crippen LogP contribution in [0.25, 0.3) is 0 Å². The van der Waals surface area contributed by atoms with Gasteiger partial charge in [-0.3, -0.25) is 0 Å². The molecule has 3 N–H and O–H groups in total. The van der Waals surface area contributed by atoms with Crippen LogP contribution in [0.5, 0.6) is 0 Å². The maximum atomic E-state index is 13.7. The van der Waals surface area contributed by atoms with Gasteiger partial charge in [-0.15, -0.1) is 0 Å². The molecule has 0 amide bonds. The zero-order valence-electron chi connectivity index (χ0n) is 14.3. The van der Waals surface area contributed by atoms with Crippen LogP contribution in [0.15, 0.2) is 30.6 Å². The van der Waals surface area contributed by atoms with E-state index in [2.05, 4.69) is 20.2 Å². The third-order valence-electron chi connectivity index (χ3n) is 4.56. The second-order valence-corrected chi connectivity index (χ2v) is 6.43. The smallest absolute Gasteiger partial charge is 0.134 e. The van der Waals surface area contributed by atoms with Crippen molar-refractivity contribution in [2.24, 2.45) is 5.92 Å². The van der Waals surface area contributed by atoms with Gasteiger partial charge in [0.05, 0.1) is 5.56 Å². The van der Waals surface area contributed by atoms with Gasteiger partial charge < -0.3 is 20.4 Å². The van der Waals surface area contributed by atoms with Crippen molar-refractivity contribution in [2.45, 2.75) is 18.9 Å². The highest BCUT2D eigenvalue weighted by Crippen LogP contribution is 2.24. The molecule has 2 unspecified atom stereocenters. The van der Waals surface area contributed by atoms with Gasteiger partial charge >= 0.3 is 0 Å². The van der Waals surface area contributed by atoms with Gasteiger partial charge in [0.25, 0.3) is 0 Å². The molecular formula is C18H22F2N4O2. The number of halogens is 2. The van der Waals surface area contributed by atoms with E-state index in [4.69, 9.17) is 0 Å². The van der Waals surface area contributed by atoms with Crippen molar-refractivity contribution in [3.63, 3.8) is 0 Å². The van der Waals surface area contributed by atoms with Gasteiger partial charge in [-0.1, -0.05) is 6.07 Å². The van der Waals surface area contributed by atoms with E-state index in [0.717, 1.165) is 38.1 Å². The number of aliphatic hydroxyl groups is 2. The number of aliphatic hydroxyl groups excluding tert-OH is 2. The van der Waals surface area contributed by atoms with Gasteiger partial charge in [0.1, 0.15) is 35.7 Å². The summed E-state index contributed by atoms with van der Waals surface area (Å²) >= 11 is 0. The Labute approximate surface area is 150 Å². The van der Waals surface area contributed by atoms with E-state index in [1.807, 2.05) is 0 Å². The zero-order chi connectivity index (χ0) is 18.5. The third-order valence-corrected chi connectivity index (χ3v) is 4.56. The number of rotatable bonds is 6. The lowest BCUT2D eigenvalue weighted by molar-refractivity contribution is 0.181. The predicted octanol–water partition coefficient (Wildman–Crippen LogP) is 2.11. The zero-order valence-corrected chi connectivity index (χ0v) is 14.3. The van der Waals surface area contributed by atoms with Crippen molar-refractivity contribution >= 4 is 11.6 Å². The Balaban J connectivity index is 1.65. The van der Waals surface area contributed by atoms with Crippen LogP contribution in [-0.2, 0) is 0 Å². The molecule has 2 heterocycles. The van der Waals surface area contributed by atoms with Gasteiger partial charge in [0.15, 0.2) is 0 Å². The minimum absolute atomic E-state index is 0.0897. The van der Waals surface area contributed by atoms with Gasteiger partial charge in [-0.25, -0.2) is 18.7 Å². The molecule has 1 saturated heterocycles. The lowest BCUT2D eigenvalue weighted by Crippen LogP contribution is -2.37. The summed E-state index contributed by atoms with van der Waals surface area (Å²) in [4.78, 5) is 10.4. The summed E-state index contributed by atoms with van der Waals surface area (Å²) in [5, 5.41) is 22.3. The molecule has 3 rings (SSSR count). The van der Waals surface area contributed by atoms with E-state index in [1.54, 1.807) is 6.07 Å². The molecular weight excluding hydrogens is 342 g/mol. The Kier molecular flexibility index (Phi) is 5.95. The van der Waals surface area contributed by atoms with Crippen LogP contribution in [0.2, 0.25) is 0 Å². The SMILES string of the molecule is OCC1CCCN(c2cc(NCC(O)c3c(F)cccc3F)ncn2)C1. The molecule has 8 heteroatoms. The minimum atomic E-state index is -1.34. The van der Waals surface area contributed by atoms with Crippen LogP contribution in [0.3, 0.4) is 0 Å². The second-order valence-electron chi connectivity index (χ2n) is 6.43. The Morgan fingerprint density at radius 3 is 2.77 bits per heavy atom. The number of nitrogens with one attached hydrogen (secondary N) is 1. The quantitative estimate of drug-likeness (QED) is 0.728. The van der Waals surface area contributed by atoms with Crippen LogP contribution in [0.1, 0.15) is 24.5 Å². The van der Waals surface area contributed by atoms with Gasteiger partial charge in [-0.05, 0) is 30.9 Å². The van der Waals surface area contributed by atoms with Gasteiger partial charge in [0, 0.05) is 32.3 Å². The lowest BCUT2D eigenvalue weighted by atomic mass is 9.99. The molecule has 1 aromatic heterocycles. The Morgan fingerprint density at radius 2 is 2.04 bits per heavy atom. The summed E-state index contributed by atoms with van der Waals surface area (Å²) < 4.78 is 27.4. The molecule has 140 valence electrons. The van der Waals surface area contributed by atoms with E-state index in [9.17, 15) is 19.0 Å². The topological polar surface area (TPSA) is 81.5 Å². The maximum absolute atomic E-state index is 13.7. The number of anilines is 2. The first kappa shape index (κ1) is 18.5. The number of nitrogens with zero attached hydrogens (tertiary/aromatic N) is 3. The molecule has 1 fully saturated rings. The third kappa shape index (κ3) is 4.25. The molecule has 0 aliphatic carbocycles. The van der Waals surface area contributed by atoms with E-state index < -0.39 is 17.7 Å². The number of aromatic nitrogens is 2. The van der Waals surface area contributed by atoms with Crippen LogP contribution >= 0.6 is 0 Å². The molecule has 2 aromatic rings. The molecule has 6 nitrogen and oxygen atoms in total. The molecule has 0 spiro atoms. The molecule has 0 bridgehead atoms. The Hall–Kier alpha value is -2.32. The summed E-state index contributed by atoms with van der Waals surface area (Å²) in [7, 11) is 0. The van der Waals surface area contributed by atoms with E-state index in [-0.39, 0.29) is 24.6 Å². The number of hydrogen-bond donors (Lipinski definition) is 3. The summed E-state index contributed by atoms with van der Waals surface area (Å²) in [6.45, 7) is 1.62. The monoisotopic (exact) mass is 364 g/mol. The second kappa shape index (κ2) is 8.37. The number of hydrogen-bond acceptors (Lipinski definition) is 6. The maximum Gasteiger partial charge on any atom is 0.134 e. The van der Waals surface area contributed by atoms with Crippen LogP contribution in [0.4, 0.5) is 20.4 Å². The van der Waals surface area contributed by atoms with E-state index in [1.165, 1.54) is 12.4 Å². The first-order chi connectivity index (χ1) is 12.6. The van der Waals surface area contributed by atoms with Crippen molar-refractivity contribution in [3.05, 3.63) is 47.8 Å². The summed E-state index contributed by atoms with van der Waals surface area (Å²) in [6, 6.07) is 5.20. The van der Waals surface area contributed by atoms with Crippen molar-refractivity contribution < 1.29 is 19.0 Å². The van der Waals surface area contributed by atoms with Crippen molar-refractivity contribution in [1.29, 1.82) is 0 Å². The normalized spacial score (nSPS) is 18.6. The standard InChI is InChI=1S/C18H22F2N4O2/c19-13-4-1-5-14(20)18(13)15(26)8-21-16-7-17(23-11-22-16)24-6-2-3-12(9-24)10-25/h1,4-5,7,11-12,15,25-26H,2-3,6,8-10H2,(H,21,22,23). The largest absolute Gasteiger partial charge is 0.396 e. The summed E-state index contributed by atoms with van der Waals surface area (Å²) in [5.74, 6) is -0.179. The van der Waals surface area contributed by atoms with Crippen molar-refractivity contribution in [1.82, 2.24) is 9.97 Å². The molecule has 1 aliphatic heterocycles. The fourth-order valence-electron chi connectivity index (χ4n) is 3.17. The van der Waals surface area contributed by atoms with Gasteiger partial charge in [-0.2, -0.15) is 0 Å². The lowest BCUT2D eigenvalue weighted by Gasteiger charge is -2.32. The molecule has 1 aromatic carbocycles. The Morgan fingerprint density at radius 1 is 1.27 bits per heavy atom. The van der Waals surface area contributed by atoms with Gasteiger partial charge in [0.2, 0.25) is 0 Å². The average Bonchev–Trinajstić information content (AvgIpc) is 2.66. The fraction of sp³-hybridized carbons (Fsp3) is 0.444. The molecule has 26 heavy (non-hydrogen) atoms. The van der Waals surface area contributed by atoms with Crippen LogP contribution < -0.4 is 10.2 Å². The fourth-order valence-corrected chi connectivity index (χ4v) is 3.17. The first-order valence-corrected chi connectivity index (χ1v) is 8.62. The minimum Gasteiger partial charge on any atom is -0.396 e. The number of benzene rings is 1. The number of piperidine rings is 1. The van der Waals surface area contributed by atoms with Crippen LogP contribution in [-0.4, -0.2) is 46.4 Å². The predicted molar refractivity (Wildman–Crippen MR) is 93.9 cm³/mol. The Bertz CT molecular complexity index is 727. The highest BCUT2D eigenvalue weighted by molar-refractivity contribution is 5.49. The summed E-state index contributed by atoms with van der Waals surface area (Å²) in [5.41, 5.74) is -0.365. The molecule has 0 radical (unpaired) electrons. The van der Waals surface area contributed by atoms with Crippen molar-refractivity contribution in [3.8, 4) is 0 Å². The van der Waals surface area contributed by atoms with E-state index in [0.29, 0.717) is 11.6 Å². The molecule has 2 atom stereocenters. The molecule has 0 saturated carbocycles. The highest BCUT2D eigenvalue weighted by atomic mass is 19.1. The summed E-state index contributed by atoms with van der Waals surface area (Å²) in [6.07, 6.45) is 2.02. The van der Waals surface area contributed by atoms with Crippen molar-refractivity contribution in [2.75, 3.05) is 36.5 Å². The molecule has 1 aliphatic rings.